The van der Waals surface area contributed by atoms with Crippen molar-refractivity contribution in [3.63, 3.8) is 0 Å². The standard InChI is InChI=1S/C20H24N4O2/c1-4-15-8-9-18(26-15)17-7-6-10-23(17)20(25)16-11-14-12-21-24(5-2)19(14)22-13(16)3/h8-9,11-12,17H,4-7,10H2,1-3H3. The zero-order valence-corrected chi connectivity index (χ0v) is 15.5. The molecule has 0 saturated carbocycles. The second-order valence-electron chi connectivity index (χ2n) is 6.81. The summed E-state index contributed by atoms with van der Waals surface area (Å²) < 4.78 is 7.78. The van der Waals surface area contributed by atoms with E-state index in [1.807, 2.05) is 41.6 Å². The number of hydrogen-bond donors (Lipinski definition) is 0. The lowest BCUT2D eigenvalue weighted by molar-refractivity contribution is 0.0718. The molecule has 1 saturated heterocycles. The van der Waals surface area contributed by atoms with Crippen molar-refractivity contribution in [3.8, 4) is 0 Å². The molecule has 0 bridgehead atoms. The molecule has 0 aromatic carbocycles. The molecule has 1 fully saturated rings. The number of furan rings is 1. The van der Waals surface area contributed by atoms with Crippen LogP contribution in [0.5, 0.6) is 0 Å². The molecule has 1 unspecified atom stereocenters. The summed E-state index contributed by atoms with van der Waals surface area (Å²) in [6, 6.07) is 5.95. The quantitative estimate of drug-likeness (QED) is 0.714. The van der Waals surface area contributed by atoms with Crippen molar-refractivity contribution >= 4 is 16.9 Å². The Morgan fingerprint density at radius 3 is 2.92 bits per heavy atom. The first-order chi connectivity index (χ1) is 12.6. The molecule has 4 heterocycles. The lowest BCUT2D eigenvalue weighted by Gasteiger charge is -2.24. The summed E-state index contributed by atoms with van der Waals surface area (Å²) in [5.74, 6) is 1.88. The molecule has 0 radical (unpaired) electrons. The molecule has 0 spiro atoms. The van der Waals surface area contributed by atoms with E-state index in [-0.39, 0.29) is 11.9 Å². The van der Waals surface area contributed by atoms with Crippen LogP contribution in [0.2, 0.25) is 0 Å². The molecule has 0 aliphatic carbocycles. The zero-order chi connectivity index (χ0) is 18.3. The molecule has 6 heteroatoms. The van der Waals surface area contributed by atoms with E-state index >= 15 is 0 Å². The van der Waals surface area contributed by atoms with E-state index in [1.165, 1.54) is 0 Å². The second-order valence-corrected chi connectivity index (χ2v) is 6.81. The van der Waals surface area contributed by atoms with Crippen LogP contribution < -0.4 is 0 Å². The summed E-state index contributed by atoms with van der Waals surface area (Å²) in [5, 5.41) is 5.25. The second kappa shape index (κ2) is 6.59. The molecule has 136 valence electrons. The first-order valence-electron chi connectivity index (χ1n) is 9.35. The normalized spacial score (nSPS) is 17.3. The molecular formula is C20H24N4O2. The highest BCUT2D eigenvalue weighted by atomic mass is 16.3. The Balaban J connectivity index is 1.68. The van der Waals surface area contributed by atoms with Crippen LogP contribution in [0.1, 0.15) is 60.3 Å². The van der Waals surface area contributed by atoms with Gasteiger partial charge < -0.3 is 9.32 Å². The Morgan fingerprint density at radius 1 is 1.35 bits per heavy atom. The van der Waals surface area contributed by atoms with E-state index < -0.39 is 0 Å². The molecule has 26 heavy (non-hydrogen) atoms. The lowest BCUT2D eigenvalue weighted by Crippen LogP contribution is -2.31. The van der Waals surface area contributed by atoms with Gasteiger partial charge in [-0.25, -0.2) is 9.67 Å². The molecule has 6 nitrogen and oxygen atoms in total. The maximum absolute atomic E-state index is 13.3. The maximum Gasteiger partial charge on any atom is 0.256 e. The molecule has 1 aliphatic rings. The third-order valence-corrected chi connectivity index (χ3v) is 5.21. The summed E-state index contributed by atoms with van der Waals surface area (Å²) in [7, 11) is 0. The van der Waals surface area contributed by atoms with Crippen molar-refractivity contribution < 1.29 is 9.21 Å². The number of carbonyl (C=O) groups excluding carboxylic acids is 1. The van der Waals surface area contributed by atoms with E-state index in [2.05, 4.69) is 17.0 Å². The minimum atomic E-state index is 0.0104. The van der Waals surface area contributed by atoms with Crippen molar-refractivity contribution in [1.29, 1.82) is 0 Å². The van der Waals surface area contributed by atoms with Crippen LogP contribution in [0, 0.1) is 6.92 Å². The molecule has 1 amide bonds. The van der Waals surface area contributed by atoms with Crippen LogP contribution >= 0.6 is 0 Å². The van der Waals surface area contributed by atoms with Crippen molar-refractivity contribution in [2.45, 2.75) is 52.6 Å². The van der Waals surface area contributed by atoms with Gasteiger partial charge in [-0.3, -0.25) is 4.79 Å². The van der Waals surface area contributed by atoms with Crippen LogP contribution in [0.25, 0.3) is 11.0 Å². The van der Waals surface area contributed by atoms with Gasteiger partial charge in [0.05, 0.1) is 23.5 Å². The molecule has 3 aromatic heterocycles. The van der Waals surface area contributed by atoms with E-state index in [0.29, 0.717) is 5.56 Å². The molecule has 0 N–H and O–H groups in total. The fourth-order valence-corrected chi connectivity index (χ4v) is 3.77. The molecule has 4 rings (SSSR count). The Labute approximate surface area is 152 Å². The zero-order valence-electron chi connectivity index (χ0n) is 15.5. The number of likely N-dealkylation sites (tertiary alicyclic amines) is 1. The number of fused-ring (bicyclic) bond motifs is 1. The van der Waals surface area contributed by atoms with Gasteiger partial charge >= 0.3 is 0 Å². The highest BCUT2D eigenvalue weighted by Gasteiger charge is 2.33. The van der Waals surface area contributed by atoms with Crippen molar-refractivity contribution in [3.05, 3.63) is 47.2 Å². The van der Waals surface area contributed by atoms with Gasteiger partial charge in [0, 0.05) is 24.9 Å². The van der Waals surface area contributed by atoms with Crippen molar-refractivity contribution in [2.24, 2.45) is 0 Å². The number of amides is 1. The van der Waals surface area contributed by atoms with Gasteiger partial charge in [-0.2, -0.15) is 5.10 Å². The van der Waals surface area contributed by atoms with Gasteiger partial charge in [-0.1, -0.05) is 6.92 Å². The van der Waals surface area contributed by atoms with Crippen LogP contribution in [0.15, 0.2) is 28.8 Å². The monoisotopic (exact) mass is 352 g/mol. The maximum atomic E-state index is 13.3. The van der Waals surface area contributed by atoms with Crippen molar-refractivity contribution in [2.75, 3.05) is 6.54 Å². The number of aryl methyl sites for hydroxylation is 3. The Kier molecular flexibility index (Phi) is 4.26. The first-order valence-corrected chi connectivity index (χ1v) is 9.35. The number of hydrogen-bond acceptors (Lipinski definition) is 4. The largest absolute Gasteiger partial charge is 0.464 e. The van der Waals surface area contributed by atoms with Gasteiger partial charge in [-0.05, 0) is 44.9 Å². The first kappa shape index (κ1) is 16.8. The average Bonchev–Trinajstić information content (AvgIpc) is 3.38. The van der Waals surface area contributed by atoms with Gasteiger partial charge in [-0.15, -0.1) is 0 Å². The summed E-state index contributed by atoms with van der Waals surface area (Å²) in [5.41, 5.74) is 2.23. The third kappa shape index (κ3) is 2.69. The lowest BCUT2D eigenvalue weighted by atomic mass is 10.1. The summed E-state index contributed by atoms with van der Waals surface area (Å²) in [6.45, 7) is 7.51. The number of carbonyl (C=O) groups is 1. The van der Waals surface area contributed by atoms with Gasteiger partial charge in [0.15, 0.2) is 5.65 Å². The Hall–Kier alpha value is -2.63. The fourth-order valence-electron chi connectivity index (χ4n) is 3.77. The Bertz CT molecular complexity index is 956. The molecule has 3 aromatic rings. The highest BCUT2D eigenvalue weighted by molar-refractivity contribution is 5.98. The minimum absolute atomic E-state index is 0.0104. The van der Waals surface area contributed by atoms with E-state index in [9.17, 15) is 4.79 Å². The summed E-state index contributed by atoms with van der Waals surface area (Å²) in [4.78, 5) is 19.8. The van der Waals surface area contributed by atoms with Crippen molar-refractivity contribution in [1.82, 2.24) is 19.7 Å². The molecular weight excluding hydrogens is 328 g/mol. The van der Waals surface area contributed by atoms with Crippen LogP contribution in [-0.4, -0.2) is 32.1 Å². The highest BCUT2D eigenvalue weighted by Crippen LogP contribution is 2.34. The number of aromatic nitrogens is 3. The van der Waals surface area contributed by atoms with Crippen LogP contribution in [0.4, 0.5) is 0 Å². The number of pyridine rings is 1. The SMILES string of the molecule is CCc1ccc(C2CCCN2C(=O)c2cc3cnn(CC)c3nc2C)o1. The smallest absolute Gasteiger partial charge is 0.256 e. The number of nitrogens with zero attached hydrogens (tertiary/aromatic N) is 4. The van der Waals surface area contributed by atoms with E-state index in [0.717, 1.165) is 60.6 Å². The average molecular weight is 352 g/mol. The predicted octanol–water partition coefficient (Wildman–Crippen LogP) is 3.89. The third-order valence-electron chi connectivity index (χ3n) is 5.21. The molecule has 1 atom stereocenters. The van der Waals surface area contributed by atoms with E-state index in [1.54, 1.807) is 6.20 Å². The minimum Gasteiger partial charge on any atom is -0.464 e. The van der Waals surface area contributed by atoms with Gasteiger partial charge in [0.2, 0.25) is 0 Å². The topological polar surface area (TPSA) is 64.2 Å². The Morgan fingerprint density at radius 2 is 2.19 bits per heavy atom. The predicted molar refractivity (Wildman–Crippen MR) is 99.0 cm³/mol. The van der Waals surface area contributed by atoms with Gasteiger partial charge in [0.1, 0.15) is 11.5 Å². The number of rotatable bonds is 4. The fraction of sp³-hybridized carbons (Fsp3) is 0.450. The summed E-state index contributed by atoms with van der Waals surface area (Å²) in [6.07, 6.45) is 4.57. The molecule has 1 aliphatic heterocycles. The van der Waals surface area contributed by atoms with Crippen LogP contribution in [-0.2, 0) is 13.0 Å². The van der Waals surface area contributed by atoms with Gasteiger partial charge in [0.25, 0.3) is 5.91 Å². The van der Waals surface area contributed by atoms with Crippen LogP contribution in [0.3, 0.4) is 0 Å². The van der Waals surface area contributed by atoms with E-state index in [4.69, 9.17) is 4.42 Å². The summed E-state index contributed by atoms with van der Waals surface area (Å²) >= 11 is 0.